The van der Waals surface area contributed by atoms with Crippen LogP contribution < -0.4 is 16.4 Å². The van der Waals surface area contributed by atoms with E-state index in [1.54, 1.807) is 6.07 Å². The van der Waals surface area contributed by atoms with Gasteiger partial charge in [0.1, 0.15) is 0 Å². The number of nitriles is 1. The number of hydrogen-bond acceptors (Lipinski definition) is 7. The van der Waals surface area contributed by atoms with Crippen LogP contribution in [0.2, 0.25) is 0 Å². The second-order valence-corrected chi connectivity index (χ2v) is 7.52. The van der Waals surface area contributed by atoms with Crippen molar-refractivity contribution in [1.82, 2.24) is 10.6 Å². The van der Waals surface area contributed by atoms with E-state index in [-0.39, 0.29) is 29.6 Å². The second-order valence-electron chi connectivity index (χ2n) is 6.49. The Balaban J connectivity index is 0.00000280. The third-order valence-electron chi connectivity index (χ3n) is 4.71. The summed E-state index contributed by atoms with van der Waals surface area (Å²) < 4.78 is 0. The Kier molecular flexibility index (Phi) is 7.10. The number of non-ortho nitro benzene ring substituents is 1. The van der Waals surface area contributed by atoms with Crippen LogP contribution >= 0.6 is 23.7 Å². The molecule has 0 bridgehead atoms. The number of nitro benzene ring substituents is 1. The summed E-state index contributed by atoms with van der Waals surface area (Å²) in [5, 5.41) is 28.6. The van der Waals surface area contributed by atoms with Crippen molar-refractivity contribution in [1.29, 1.82) is 5.26 Å². The van der Waals surface area contributed by atoms with Crippen molar-refractivity contribution in [3.05, 3.63) is 61.8 Å². The van der Waals surface area contributed by atoms with Gasteiger partial charge in [0, 0.05) is 30.0 Å². The molecule has 2 aromatic rings. The molecule has 148 valence electrons. The molecule has 28 heavy (non-hydrogen) atoms. The van der Waals surface area contributed by atoms with Crippen molar-refractivity contribution in [3.8, 4) is 6.07 Å². The summed E-state index contributed by atoms with van der Waals surface area (Å²) in [6.07, 6.45) is 0.995. The highest BCUT2D eigenvalue weighted by atomic mass is 35.5. The van der Waals surface area contributed by atoms with Crippen LogP contribution in [-0.2, 0) is 16.8 Å². The van der Waals surface area contributed by atoms with Gasteiger partial charge in [0.2, 0.25) is 5.91 Å². The summed E-state index contributed by atoms with van der Waals surface area (Å²) in [7, 11) is 0. The Labute approximate surface area is 172 Å². The van der Waals surface area contributed by atoms with E-state index in [0.717, 1.165) is 4.88 Å². The zero-order valence-electron chi connectivity index (χ0n) is 14.9. The van der Waals surface area contributed by atoms with Crippen molar-refractivity contribution in [2.45, 2.75) is 24.4 Å². The Morgan fingerprint density at radius 1 is 1.50 bits per heavy atom. The quantitative estimate of drug-likeness (QED) is 0.481. The lowest BCUT2D eigenvalue weighted by Crippen LogP contribution is -2.53. The van der Waals surface area contributed by atoms with Gasteiger partial charge in [-0.25, -0.2) is 0 Å². The molecule has 0 aliphatic carbocycles. The number of thiophene rings is 1. The van der Waals surface area contributed by atoms with Crippen molar-refractivity contribution >= 4 is 35.3 Å². The smallest absolute Gasteiger partial charge is 0.270 e. The van der Waals surface area contributed by atoms with E-state index in [1.807, 2.05) is 23.6 Å². The normalized spacial score (nSPS) is 19.3. The topological polar surface area (TPSA) is 134 Å². The highest BCUT2D eigenvalue weighted by Gasteiger charge is 2.40. The maximum absolute atomic E-state index is 12.7. The average molecular weight is 422 g/mol. The van der Waals surface area contributed by atoms with Gasteiger partial charge in [-0.1, -0.05) is 6.07 Å². The summed E-state index contributed by atoms with van der Waals surface area (Å²) in [6.45, 7) is 1.08. The number of benzene rings is 1. The van der Waals surface area contributed by atoms with Crippen LogP contribution in [0.5, 0.6) is 0 Å². The van der Waals surface area contributed by atoms with E-state index < -0.39 is 16.5 Å². The average Bonchev–Trinajstić information content (AvgIpc) is 3.33. The van der Waals surface area contributed by atoms with Crippen LogP contribution in [0, 0.1) is 21.4 Å². The van der Waals surface area contributed by atoms with Gasteiger partial charge < -0.3 is 16.4 Å². The number of amides is 1. The monoisotopic (exact) mass is 421 g/mol. The van der Waals surface area contributed by atoms with E-state index >= 15 is 0 Å². The molecule has 4 N–H and O–H groups in total. The number of nitrogens with two attached hydrogens (primary N) is 1. The summed E-state index contributed by atoms with van der Waals surface area (Å²) in [5.74, 6) is -0.311. The van der Waals surface area contributed by atoms with Gasteiger partial charge in [-0.3, -0.25) is 14.9 Å². The summed E-state index contributed by atoms with van der Waals surface area (Å²) >= 11 is 1.54. The summed E-state index contributed by atoms with van der Waals surface area (Å²) in [5.41, 5.74) is 5.85. The molecule has 2 atom stereocenters. The Morgan fingerprint density at radius 2 is 2.29 bits per heavy atom. The first kappa shape index (κ1) is 21.8. The summed E-state index contributed by atoms with van der Waals surface area (Å²) in [6, 6.07) is 9.28. The van der Waals surface area contributed by atoms with Crippen LogP contribution in [0.25, 0.3) is 0 Å². The number of halogens is 1. The van der Waals surface area contributed by atoms with Gasteiger partial charge in [-0.05, 0) is 36.0 Å². The molecule has 1 fully saturated rings. The van der Waals surface area contributed by atoms with Gasteiger partial charge in [-0.2, -0.15) is 5.26 Å². The highest BCUT2D eigenvalue weighted by Crippen LogP contribution is 2.32. The first-order chi connectivity index (χ1) is 12.9. The van der Waals surface area contributed by atoms with Gasteiger partial charge in [0.15, 0.2) is 0 Å². The first-order valence-corrected chi connectivity index (χ1v) is 9.33. The predicted octanol–water partition coefficient (Wildman–Crippen LogP) is 1.82. The molecule has 1 aromatic heterocycles. The lowest BCUT2D eigenvalue weighted by atomic mass is 9.85. The molecule has 1 aliphatic heterocycles. The molecule has 1 aromatic carbocycles. The molecule has 10 heteroatoms. The molecule has 1 saturated heterocycles. The Morgan fingerprint density at radius 3 is 2.86 bits per heavy atom. The van der Waals surface area contributed by atoms with E-state index in [0.29, 0.717) is 31.5 Å². The predicted molar refractivity (Wildman–Crippen MR) is 108 cm³/mol. The zero-order valence-corrected chi connectivity index (χ0v) is 16.5. The third-order valence-corrected chi connectivity index (χ3v) is 5.60. The number of nitro groups is 1. The number of carbonyl (C=O) groups is 1. The van der Waals surface area contributed by atoms with Gasteiger partial charge in [0.05, 0.1) is 28.1 Å². The molecule has 0 radical (unpaired) electrons. The van der Waals surface area contributed by atoms with Crippen molar-refractivity contribution in [3.63, 3.8) is 0 Å². The fraction of sp³-hybridized carbons (Fsp3) is 0.333. The maximum Gasteiger partial charge on any atom is 0.270 e. The SMILES string of the molecule is Cl.N#Cc1cc([N+](=O)[O-])ccc1[C@@]1(NC(=O)[C@@H](N)Cc2cccs2)CCNC1. The Hall–Kier alpha value is -2.51. The molecule has 0 saturated carbocycles. The molecule has 3 rings (SSSR count). The minimum Gasteiger partial charge on any atom is -0.344 e. The fourth-order valence-corrected chi connectivity index (χ4v) is 4.08. The van der Waals surface area contributed by atoms with Crippen LogP contribution in [0.1, 0.15) is 22.4 Å². The van der Waals surface area contributed by atoms with E-state index in [9.17, 15) is 20.2 Å². The van der Waals surface area contributed by atoms with Crippen molar-refractivity contribution < 1.29 is 9.72 Å². The highest BCUT2D eigenvalue weighted by molar-refractivity contribution is 7.09. The number of carbonyl (C=O) groups excluding carboxylic acids is 1. The number of nitrogens with one attached hydrogen (secondary N) is 2. The lowest BCUT2D eigenvalue weighted by molar-refractivity contribution is -0.384. The molecule has 8 nitrogen and oxygen atoms in total. The van der Waals surface area contributed by atoms with Crippen molar-refractivity contribution in [2.24, 2.45) is 5.73 Å². The minimum absolute atomic E-state index is 0. The van der Waals surface area contributed by atoms with E-state index in [1.165, 1.54) is 23.5 Å². The number of nitrogens with zero attached hydrogens (tertiary/aromatic N) is 2. The second kappa shape index (κ2) is 9.12. The van der Waals surface area contributed by atoms with Gasteiger partial charge in [0.25, 0.3) is 5.69 Å². The molecular weight excluding hydrogens is 402 g/mol. The van der Waals surface area contributed by atoms with E-state index in [2.05, 4.69) is 10.6 Å². The molecule has 1 aliphatic rings. The zero-order chi connectivity index (χ0) is 19.4. The fourth-order valence-electron chi connectivity index (χ4n) is 3.32. The third kappa shape index (κ3) is 4.48. The number of hydrogen-bond donors (Lipinski definition) is 3. The van der Waals surface area contributed by atoms with Gasteiger partial charge in [-0.15, -0.1) is 23.7 Å². The Bertz CT molecular complexity index is 891. The van der Waals surface area contributed by atoms with Crippen LogP contribution in [0.3, 0.4) is 0 Å². The molecule has 1 amide bonds. The molecule has 0 spiro atoms. The van der Waals surface area contributed by atoms with E-state index in [4.69, 9.17) is 5.73 Å². The maximum atomic E-state index is 12.7. The molecule has 0 unspecified atom stereocenters. The largest absolute Gasteiger partial charge is 0.344 e. The minimum atomic E-state index is -0.815. The standard InChI is InChI=1S/C18H19N5O3S.ClH/c19-10-12-8-13(23(25)26)3-4-15(12)18(5-6-21-11-18)22-17(24)16(20)9-14-2-1-7-27-14;/h1-4,7-8,16,21H,5-6,9,11,20H2,(H,22,24);1H/t16-,18+;/m0./s1. The molecule has 2 heterocycles. The lowest BCUT2D eigenvalue weighted by Gasteiger charge is -2.32. The van der Waals surface area contributed by atoms with Gasteiger partial charge >= 0.3 is 0 Å². The van der Waals surface area contributed by atoms with Crippen LogP contribution in [0.15, 0.2) is 35.7 Å². The summed E-state index contributed by atoms with van der Waals surface area (Å²) in [4.78, 5) is 24.2. The van der Waals surface area contributed by atoms with Crippen LogP contribution in [-0.4, -0.2) is 30.0 Å². The van der Waals surface area contributed by atoms with Crippen LogP contribution in [0.4, 0.5) is 5.69 Å². The number of rotatable bonds is 6. The first-order valence-electron chi connectivity index (χ1n) is 8.45. The molecular formula is C18H20ClN5O3S. The van der Waals surface area contributed by atoms with Crippen molar-refractivity contribution in [2.75, 3.05) is 13.1 Å².